The molecule has 3 atom stereocenters. The first-order valence-corrected chi connectivity index (χ1v) is 9.14. The maximum Gasteiger partial charge on any atom is 0.244 e. The summed E-state index contributed by atoms with van der Waals surface area (Å²) in [5.41, 5.74) is 8.39. The summed E-state index contributed by atoms with van der Waals surface area (Å²) in [6, 6.07) is 20.6. The van der Waals surface area contributed by atoms with E-state index in [4.69, 9.17) is 10.3 Å². The maximum absolute atomic E-state index is 6.06. The second kappa shape index (κ2) is 7.40. The minimum atomic E-state index is 0.0720. The first kappa shape index (κ1) is 16.9. The Bertz CT molecular complexity index is 833. The predicted octanol–water partition coefficient (Wildman–Crippen LogP) is 3.47. The van der Waals surface area contributed by atoms with Gasteiger partial charge in [0, 0.05) is 24.6 Å². The summed E-state index contributed by atoms with van der Waals surface area (Å²) < 4.78 is 5.57. The Hall–Kier alpha value is -2.50. The smallest absolute Gasteiger partial charge is 0.244 e. The van der Waals surface area contributed by atoms with E-state index in [1.54, 1.807) is 0 Å². The zero-order chi connectivity index (χ0) is 17.9. The number of nitrogens with two attached hydrogens (primary N) is 1. The van der Waals surface area contributed by atoms with Gasteiger partial charge in [-0.15, -0.1) is 0 Å². The molecule has 1 aliphatic rings. The lowest BCUT2D eigenvalue weighted by Gasteiger charge is -2.21. The van der Waals surface area contributed by atoms with Gasteiger partial charge in [-0.25, -0.2) is 0 Å². The van der Waals surface area contributed by atoms with E-state index in [1.165, 1.54) is 5.56 Å². The van der Waals surface area contributed by atoms with Gasteiger partial charge in [0.1, 0.15) is 0 Å². The van der Waals surface area contributed by atoms with Gasteiger partial charge < -0.3 is 10.3 Å². The highest BCUT2D eigenvalue weighted by Gasteiger charge is 2.36. The fourth-order valence-electron chi connectivity index (χ4n) is 3.80. The molecule has 5 nitrogen and oxygen atoms in total. The third-order valence-electron chi connectivity index (χ3n) is 5.38. The van der Waals surface area contributed by atoms with Gasteiger partial charge in [0.15, 0.2) is 0 Å². The summed E-state index contributed by atoms with van der Waals surface area (Å²) in [5, 5.41) is 4.16. The summed E-state index contributed by atoms with van der Waals surface area (Å²) >= 11 is 0. The van der Waals surface area contributed by atoms with Crippen LogP contribution in [0.25, 0.3) is 11.4 Å². The second-order valence-corrected chi connectivity index (χ2v) is 6.97. The Morgan fingerprint density at radius 1 is 1.08 bits per heavy atom. The first-order valence-electron chi connectivity index (χ1n) is 9.14. The van der Waals surface area contributed by atoms with Crippen LogP contribution in [0, 0.1) is 5.92 Å². The lowest BCUT2D eigenvalue weighted by Crippen LogP contribution is -2.26. The van der Waals surface area contributed by atoms with Crippen LogP contribution in [0.4, 0.5) is 0 Å². The third-order valence-corrected chi connectivity index (χ3v) is 5.38. The number of nitrogens with zero attached hydrogens (tertiary/aromatic N) is 3. The Balaban J connectivity index is 1.52. The molecule has 1 fully saturated rings. The predicted molar refractivity (Wildman–Crippen MR) is 101 cm³/mol. The molecule has 26 heavy (non-hydrogen) atoms. The van der Waals surface area contributed by atoms with Gasteiger partial charge in [-0.3, -0.25) is 4.90 Å². The molecule has 0 saturated carbocycles. The summed E-state index contributed by atoms with van der Waals surface area (Å²) in [6.07, 6.45) is 0. The minimum Gasteiger partial charge on any atom is -0.337 e. The van der Waals surface area contributed by atoms with E-state index >= 15 is 0 Å². The fraction of sp³-hybridized carbons (Fsp3) is 0.333. The van der Waals surface area contributed by atoms with Crippen molar-refractivity contribution in [2.24, 2.45) is 11.7 Å². The molecular weight excluding hydrogens is 324 g/mol. The van der Waals surface area contributed by atoms with Crippen molar-refractivity contribution in [3.8, 4) is 11.4 Å². The molecule has 2 aromatic carbocycles. The fourth-order valence-corrected chi connectivity index (χ4v) is 3.80. The summed E-state index contributed by atoms with van der Waals surface area (Å²) in [7, 11) is 0. The zero-order valence-corrected chi connectivity index (χ0v) is 15.0. The van der Waals surface area contributed by atoms with Crippen molar-refractivity contribution < 1.29 is 4.52 Å². The number of rotatable bonds is 5. The average molecular weight is 348 g/mol. The molecule has 0 radical (unpaired) electrons. The van der Waals surface area contributed by atoms with E-state index in [1.807, 2.05) is 30.3 Å². The van der Waals surface area contributed by atoms with Crippen molar-refractivity contribution in [1.82, 2.24) is 15.0 Å². The van der Waals surface area contributed by atoms with Gasteiger partial charge in [0.25, 0.3) is 0 Å². The van der Waals surface area contributed by atoms with Gasteiger partial charge in [0.2, 0.25) is 11.7 Å². The van der Waals surface area contributed by atoms with Gasteiger partial charge >= 0.3 is 0 Å². The van der Waals surface area contributed by atoms with E-state index in [9.17, 15) is 0 Å². The summed E-state index contributed by atoms with van der Waals surface area (Å²) in [4.78, 5) is 7.02. The van der Waals surface area contributed by atoms with Crippen molar-refractivity contribution in [1.29, 1.82) is 0 Å². The molecule has 5 heteroatoms. The third kappa shape index (κ3) is 3.28. The summed E-state index contributed by atoms with van der Waals surface area (Å²) in [5.74, 6) is 2.19. The molecule has 0 spiro atoms. The number of hydrogen-bond donors (Lipinski definition) is 1. The molecule has 3 aromatic rings. The van der Waals surface area contributed by atoms with Gasteiger partial charge in [-0.1, -0.05) is 65.8 Å². The molecule has 1 aromatic heterocycles. The lowest BCUT2D eigenvalue weighted by atomic mass is 9.89. The second-order valence-electron chi connectivity index (χ2n) is 6.97. The Morgan fingerprint density at radius 2 is 1.77 bits per heavy atom. The van der Waals surface area contributed by atoms with Crippen molar-refractivity contribution in [3.05, 3.63) is 72.1 Å². The largest absolute Gasteiger partial charge is 0.337 e. The van der Waals surface area contributed by atoms with Crippen molar-refractivity contribution in [3.63, 3.8) is 0 Å². The average Bonchev–Trinajstić information content (AvgIpc) is 3.36. The van der Waals surface area contributed by atoms with Gasteiger partial charge in [-0.2, -0.15) is 4.98 Å². The molecule has 4 rings (SSSR count). The summed E-state index contributed by atoms with van der Waals surface area (Å²) in [6.45, 7) is 4.71. The Kier molecular flexibility index (Phi) is 4.82. The van der Waals surface area contributed by atoms with Crippen LogP contribution in [0.15, 0.2) is 65.2 Å². The topological polar surface area (TPSA) is 68.2 Å². The van der Waals surface area contributed by atoms with E-state index in [2.05, 4.69) is 52.3 Å². The normalized spacial score (nSPS) is 21.8. The zero-order valence-electron chi connectivity index (χ0n) is 15.0. The molecule has 2 heterocycles. The van der Waals surface area contributed by atoms with E-state index in [0.717, 1.165) is 18.7 Å². The Morgan fingerprint density at radius 3 is 2.46 bits per heavy atom. The van der Waals surface area contributed by atoms with Crippen LogP contribution in [0.2, 0.25) is 0 Å². The highest BCUT2D eigenvalue weighted by molar-refractivity contribution is 5.53. The van der Waals surface area contributed by atoms with Crippen LogP contribution in [0.3, 0.4) is 0 Å². The first-order chi connectivity index (χ1) is 12.8. The quantitative estimate of drug-likeness (QED) is 0.764. The number of likely N-dealkylation sites (tertiary alicyclic amines) is 1. The van der Waals surface area contributed by atoms with Crippen LogP contribution < -0.4 is 5.73 Å². The van der Waals surface area contributed by atoms with Crippen molar-refractivity contribution >= 4 is 0 Å². The van der Waals surface area contributed by atoms with E-state index < -0.39 is 0 Å². The molecule has 1 unspecified atom stereocenters. The Labute approximate surface area is 153 Å². The van der Waals surface area contributed by atoms with Gasteiger partial charge in [0.05, 0.1) is 6.04 Å². The number of aromatic nitrogens is 2. The van der Waals surface area contributed by atoms with Crippen LogP contribution >= 0.6 is 0 Å². The molecule has 1 aliphatic heterocycles. The molecule has 1 saturated heterocycles. The highest BCUT2D eigenvalue weighted by Crippen LogP contribution is 2.36. The monoisotopic (exact) mass is 348 g/mol. The minimum absolute atomic E-state index is 0.0720. The highest BCUT2D eigenvalue weighted by atomic mass is 16.5. The molecule has 0 amide bonds. The SMILES string of the molecule is CC(c1nc(-c2ccccc2)no1)N1C[C@@H](CN)[C@H](c2ccccc2)C1. The molecule has 134 valence electrons. The van der Waals surface area contributed by atoms with E-state index in [0.29, 0.717) is 30.1 Å². The standard InChI is InChI=1S/C21H24N4O/c1-15(21-23-20(24-26-21)17-10-6-3-7-11-17)25-13-18(12-22)19(14-25)16-8-4-2-5-9-16/h2-11,15,18-19H,12-14,22H2,1H3/t15?,18-,19+/m1/s1. The van der Waals surface area contributed by atoms with E-state index in [-0.39, 0.29) is 6.04 Å². The van der Waals surface area contributed by atoms with Gasteiger partial charge in [-0.05, 0) is 24.9 Å². The lowest BCUT2D eigenvalue weighted by molar-refractivity contribution is 0.202. The molecule has 2 N–H and O–H groups in total. The van der Waals surface area contributed by atoms with Crippen LogP contribution in [-0.4, -0.2) is 34.7 Å². The van der Waals surface area contributed by atoms with Crippen LogP contribution in [0.1, 0.15) is 30.3 Å². The van der Waals surface area contributed by atoms with Crippen molar-refractivity contribution in [2.45, 2.75) is 18.9 Å². The number of hydrogen-bond acceptors (Lipinski definition) is 5. The van der Waals surface area contributed by atoms with Crippen LogP contribution in [-0.2, 0) is 0 Å². The van der Waals surface area contributed by atoms with Crippen molar-refractivity contribution in [2.75, 3.05) is 19.6 Å². The van der Waals surface area contributed by atoms with Crippen LogP contribution in [0.5, 0.6) is 0 Å². The molecule has 0 aliphatic carbocycles. The molecular formula is C21H24N4O. The number of benzene rings is 2. The maximum atomic E-state index is 6.06. The molecule has 0 bridgehead atoms.